The van der Waals surface area contributed by atoms with Crippen molar-refractivity contribution in [3.8, 4) is 5.75 Å². The number of nitrogens with zero attached hydrogens (tertiary/aromatic N) is 2. The van der Waals surface area contributed by atoms with Crippen LogP contribution in [0, 0.1) is 0 Å². The summed E-state index contributed by atoms with van der Waals surface area (Å²) in [6.45, 7) is 0.405. The van der Waals surface area contributed by atoms with Crippen LogP contribution in [0.5, 0.6) is 5.75 Å². The monoisotopic (exact) mass is 684 g/mol. The maximum Gasteiger partial charge on any atom is 0.309 e. The number of benzene rings is 1. The molecule has 0 atom stereocenters. The van der Waals surface area contributed by atoms with Crippen LogP contribution in [0.15, 0.2) is 59.1 Å². The van der Waals surface area contributed by atoms with E-state index >= 15 is 0 Å². The van der Waals surface area contributed by atoms with Crippen molar-refractivity contribution < 1.29 is 72.1 Å². The Morgan fingerprint density at radius 2 is 1.70 bits per heavy atom. The molecule has 0 spiro atoms. The summed E-state index contributed by atoms with van der Waals surface area (Å²) in [6.07, 6.45) is 4.15. The minimum atomic E-state index is -4.24. The van der Waals surface area contributed by atoms with E-state index in [9.17, 15) is 43.4 Å². The Labute approximate surface area is 267 Å². The first kappa shape index (κ1) is 36.3. The van der Waals surface area contributed by atoms with Gasteiger partial charge in [-0.25, -0.2) is 4.58 Å². The van der Waals surface area contributed by atoms with E-state index in [4.69, 9.17) is 14.8 Å². The van der Waals surface area contributed by atoms with Crippen LogP contribution in [-0.2, 0) is 33.9 Å². The number of carbonyl (C=O) groups is 3. The Bertz CT molecular complexity index is 1630. The molecule has 16 nitrogen and oxygen atoms in total. The topological polar surface area (TPSA) is 254 Å². The van der Waals surface area contributed by atoms with E-state index in [1.807, 2.05) is 0 Å². The van der Waals surface area contributed by atoms with E-state index in [1.54, 1.807) is 4.58 Å². The summed E-state index contributed by atoms with van der Waals surface area (Å²) in [4.78, 5) is 36.9. The van der Waals surface area contributed by atoms with Crippen molar-refractivity contribution in [2.75, 3.05) is 42.6 Å². The van der Waals surface area contributed by atoms with Crippen molar-refractivity contribution >= 4 is 56.9 Å². The van der Waals surface area contributed by atoms with Crippen LogP contribution in [0.4, 0.5) is 5.69 Å². The van der Waals surface area contributed by atoms with Crippen LogP contribution in [0.3, 0.4) is 0 Å². The molecule has 0 heterocycles. The standard InChI is InChI=1S/C28H32N2O14S2/c31-21-15-17(29(11-7-23(33)34)9-1-13-45-44-43-39)3-5-19(21)25-27(37)26(28(25)38)20-6-4-18(16-22(20)32)30(12-8-24(35)36)10-2-14-46(40,41)42/h3-6,15-16H,1-2,7-14H2,(H6,31,32,33,34,35,36,37,38,39,40,41,42). The second kappa shape index (κ2) is 16.4. The third kappa shape index (κ3) is 9.90. The molecular weight excluding hydrogens is 652 g/mol. The Kier molecular flexibility index (Phi) is 12.9. The van der Waals surface area contributed by atoms with Crippen molar-refractivity contribution in [2.45, 2.75) is 25.7 Å². The van der Waals surface area contributed by atoms with Crippen LogP contribution >= 0.6 is 12.0 Å². The molecule has 2 aliphatic rings. The van der Waals surface area contributed by atoms with Crippen LogP contribution in [0.25, 0.3) is 5.57 Å². The quantitative estimate of drug-likeness (QED) is 0.0242. The number of carboxylic acids is 2. The molecule has 0 unspecified atom stereocenters. The third-order valence-electron chi connectivity index (χ3n) is 6.91. The van der Waals surface area contributed by atoms with Gasteiger partial charge in [0.25, 0.3) is 10.1 Å². The number of aromatic hydroxyl groups is 1. The van der Waals surface area contributed by atoms with E-state index in [2.05, 4.69) is 9.37 Å². The Balaban J connectivity index is 1.87. The van der Waals surface area contributed by atoms with E-state index in [-0.39, 0.29) is 66.9 Å². The van der Waals surface area contributed by atoms with E-state index < -0.39 is 45.1 Å². The number of phenols is 1. The van der Waals surface area contributed by atoms with Gasteiger partial charge in [-0.3, -0.25) is 24.0 Å². The summed E-state index contributed by atoms with van der Waals surface area (Å²) < 4.78 is 37.1. The molecule has 1 aromatic rings. The molecule has 3 rings (SSSR count). The highest BCUT2D eigenvalue weighted by molar-refractivity contribution is 7.94. The molecule has 46 heavy (non-hydrogen) atoms. The molecule has 2 aliphatic carbocycles. The first-order chi connectivity index (χ1) is 21.7. The number of aliphatic carboxylic acids is 2. The van der Waals surface area contributed by atoms with Gasteiger partial charge in [0.05, 0.1) is 29.4 Å². The van der Waals surface area contributed by atoms with Crippen LogP contribution in [0.2, 0.25) is 0 Å². The number of Topliss-reactive ketones (excluding diaryl/α,β-unsaturated/α-hetero) is 1. The van der Waals surface area contributed by atoms with E-state index in [1.165, 1.54) is 41.3 Å². The number of carbonyl (C=O) groups excluding carboxylic acids is 1. The van der Waals surface area contributed by atoms with Crippen LogP contribution in [-0.4, -0.2) is 104 Å². The minimum absolute atomic E-state index is 0.000439. The van der Waals surface area contributed by atoms with Gasteiger partial charge in [-0.05, 0) is 24.6 Å². The predicted molar refractivity (Wildman–Crippen MR) is 162 cm³/mol. The molecule has 18 heteroatoms. The summed E-state index contributed by atoms with van der Waals surface area (Å²) in [5.74, 6) is -4.33. The number of carboxylic acid groups (broad SMARTS) is 2. The zero-order valence-electron chi connectivity index (χ0n) is 24.2. The van der Waals surface area contributed by atoms with E-state index in [0.717, 1.165) is 12.0 Å². The third-order valence-corrected chi connectivity index (χ3v) is 8.32. The number of anilines is 1. The van der Waals surface area contributed by atoms with Gasteiger partial charge in [0.1, 0.15) is 30.2 Å². The zero-order chi connectivity index (χ0) is 34.0. The molecule has 0 bridgehead atoms. The fourth-order valence-corrected chi connectivity index (χ4v) is 5.61. The lowest BCUT2D eigenvalue weighted by Crippen LogP contribution is -2.29. The van der Waals surface area contributed by atoms with Gasteiger partial charge in [-0.2, -0.15) is 12.8 Å². The summed E-state index contributed by atoms with van der Waals surface area (Å²) in [5, 5.41) is 63.7. The SMILES string of the molecule is O=C(O)CCN(CCCS(=O)(=O)O)c1ccc(C2=C(O)/C(=C3/C=CC(=[N+](CCCSOO[O-])CCC(=O)O)C=C3O)C2=O)c(O)c1. The Hall–Kier alpha value is -4.20. The normalized spacial score (nSPS) is 17.5. The van der Waals surface area contributed by atoms with Gasteiger partial charge in [0, 0.05) is 66.3 Å². The summed E-state index contributed by atoms with van der Waals surface area (Å²) in [6, 6.07) is 4.01. The average Bonchev–Trinajstić information content (AvgIpc) is 2.97. The summed E-state index contributed by atoms with van der Waals surface area (Å²) in [5.41, 5.74) is 0.266. The molecule has 0 radical (unpaired) electrons. The number of aliphatic hydroxyl groups is 2. The smallest absolute Gasteiger partial charge is 0.309 e. The molecule has 0 saturated heterocycles. The first-order valence-corrected chi connectivity index (χ1v) is 16.2. The molecule has 0 fully saturated rings. The highest BCUT2D eigenvalue weighted by atomic mass is 32.2. The largest absolute Gasteiger partial charge is 0.691 e. The molecule has 250 valence electrons. The first-order valence-electron chi connectivity index (χ1n) is 13.7. The predicted octanol–water partition coefficient (Wildman–Crippen LogP) is 1.30. The van der Waals surface area contributed by atoms with Gasteiger partial charge >= 0.3 is 11.9 Å². The van der Waals surface area contributed by atoms with Crippen molar-refractivity contribution in [1.82, 2.24) is 0 Å². The van der Waals surface area contributed by atoms with Gasteiger partial charge in [-0.1, -0.05) is 0 Å². The van der Waals surface area contributed by atoms with Gasteiger partial charge in [0.2, 0.25) is 11.5 Å². The maximum absolute atomic E-state index is 13.2. The number of hydrogen-bond acceptors (Lipinski definition) is 13. The fourth-order valence-electron chi connectivity index (χ4n) is 4.77. The second-order valence-electron chi connectivity index (χ2n) is 10.0. The molecule has 0 aliphatic heterocycles. The lowest BCUT2D eigenvalue weighted by molar-refractivity contribution is -0.777. The molecule has 0 saturated carbocycles. The summed E-state index contributed by atoms with van der Waals surface area (Å²) in [7, 11) is -4.24. The van der Waals surface area contributed by atoms with Crippen LogP contribution < -0.4 is 10.2 Å². The van der Waals surface area contributed by atoms with E-state index in [0.29, 0.717) is 30.1 Å². The summed E-state index contributed by atoms with van der Waals surface area (Å²) >= 11 is 0.773. The second-order valence-corrected chi connectivity index (χ2v) is 12.4. The van der Waals surface area contributed by atoms with Gasteiger partial charge < -0.3 is 35.7 Å². The lowest BCUT2D eigenvalue weighted by Gasteiger charge is -2.27. The van der Waals surface area contributed by atoms with Crippen molar-refractivity contribution in [1.29, 1.82) is 0 Å². The average molecular weight is 685 g/mol. The number of phenolic OH excluding ortho intramolecular Hbond substituents is 1. The molecule has 0 aromatic heterocycles. The molecular formula is C28H32N2O14S2. The number of aliphatic hydroxyl groups excluding tert-OH is 2. The Morgan fingerprint density at radius 3 is 2.28 bits per heavy atom. The highest BCUT2D eigenvalue weighted by Crippen LogP contribution is 2.43. The number of hydrogen-bond donors (Lipinski definition) is 6. The highest BCUT2D eigenvalue weighted by Gasteiger charge is 2.39. The maximum atomic E-state index is 13.2. The fraction of sp³-hybridized carbons (Fsp3) is 0.357. The van der Waals surface area contributed by atoms with Crippen molar-refractivity contribution in [2.24, 2.45) is 0 Å². The molecule has 6 N–H and O–H groups in total. The zero-order valence-corrected chi connectivity index (χ0v) is 25.8. The van der Waals surface area contributed by atoms with Gasteiger partial charge in [0.15, 0.2) is 6.54 Å². The van der Waals surface area contributed by atoms with Crippen molar-refractivity contribution in [3.63, 3.8) is 0 Å². The lowest BCUT2D eigenvalue weighted by atomic mass is 9.79. The number of ketones is 1. The van der Waals surface area contributed by atoms with Crippen LogP contribution in [0.1, 0.15) is 31.2 Å². The van der Waals surface area contributed by atoms with Gasteiger partial charge in [-0.15, -0.1) is 0 Å². The number of allylic oxidation sites excluding steroid dienone is 5. The minimum Gasteiger partial charge on any atom is -0.691 e. The number of rotatable bonds is 18. The molecule has 1 aromatic carbocycles. The Morgan fingerprint density at radius 1 is 0.978 bits per heavy atom. The van der Waals surface area contributed by atoms with Crippen molar-refractivity contribution in [3.05, 3.63) is 64.7 Å². The molecule has 0 amide bonds.